The average molecular weight is 248 g/mol. The van der Waals surface area contributed by atoms with Crippen molar-refractivity contribution < 1.29 is 4.79 Å². The van der Waals surface area contributed by atoms with Crippen LogP contribution in [0.4, 0.5) is 5.82 Å². The van der Waals surface area contributed by atoms with Gasteiger partial charge in [-0.2, -0.15) is 0 Å². The maximum atomic E-state index is 12.4. The minimum atomic E-state index is -0.0194. The van der Waals surface area contributed by atoms with Crippen LogP contribution in [0.25, 0.3) is 0 Å². The molecule has 1 aromatic heterocycles. The third kappa shape index (κ3) is 2.98. The zero-order valence-electron chi connectivity index (χ0n) is 10.9. The maximum Gasteiger partial charge on any atom is 0.272 e. The van der Waals surface area contributed by atoms with Crippen LogP contribution < -0.4 is 11.3 Å². The van der Waals surface area contributed by atoms with E-state index in [0.717, 1.165) is 6.54 Å². The fourth-order valence-corrected chi connectivity index (χ4v) is 1.89. The predicted molar refractivity (Wildman–Crippen MR) is 70.9 cm³/mol. The Kier molecular flexibility index (Phi) is 3.81. The molecule has 1 heterocycles. The van der Waals surface area contributed by atoms with Crippen LogP contribution in [0, 0.1) is 5.92 Å². The van der Waals surface area contributed by atoms with Crippen molar-refractivity contribution in [3.63, 3.8) is 0 Å². The van der Waals surface area contributed by atoms with Crippen LogP contribution in [0.3, 0.4) is 0 Å². The summed E-state index contributed by atoms with van der Waals surface area (Å²) in [6, 6.07) is 5.43. The fourth-order valence-electron chi connectivity index (χ4n) is 1.89. The molecule has 0 aliphatic heterocycles. The van der Waals surface area contributed by atoms with E-state index in [0.29, 0.717) is 17.4 Å². The van der Waals surface area contributed by atoms with E-state index >= 15 is 0 Å². The second kappa shape index (κ2) is 5.35. The van der Waals surface area contributed by atoms with Crippen molar-refractivity contribution in [3.05, 3.63) is 23.9 Å². The van der Waals surface area contributed by atoms with Gasteiger partial charge in [-0.3, -0.25) is 4.79 Å². The van der Waals surface area contributed by atoms with Crippen molar-refractivity contribution in [2.45, 2.75) is 32.7 Å². The predicted octanol–water partition coefficient (Wildman–Crippen LogP) is 1.63. The highest BCUT2D eigenvalue weighted by Crippen LogP contribution is 2.30. The van der Waals surface area contributed by atoms with E-state index < -0.39 is 0 Å². The van der Waals surface area contributed by atoms with Crippen LogP contribution in [0.1, 0.15) is 37.2 Å². The molecule has 0 radical (unpaired) electrons. The number of amides is 1. The van der Waals surface area contributed by atoms with Crippen LogP contribution >= 0.6 is 0 Å². The van der Waals surface area contributed by atoms with Gasteiger partial charge in [0.15, 0.2) is 0 Å². The second-order valence-electron chi connectivity index (χ2n) is 5.05. The number of hydrazine groups is 1. The Morgan fingerprint density at radius 3 is 2.83 bits per heavy atom. The summed E-state index contributed by atoms with van der Waals surface area (Å²) in [4.78, 5) is 18.5. The Labute approximate surface area is 107 Å². The first-order valence-corrected chi connectivity index (χ1v) is 6.36. The molecule has 0 saturated heterocycles. The van der Waals surface area contributed by atoms with Gasteiger partial charge in [-0.25, -0.2) is 10.8 Å². The van der Waals surface area contributed by atoms with E-state index in [2.05, 4.69) is 10.4 Å². The SMILES string of the molecule is CC(C)N(CC1CC1)C(=O)c1cccc(NN)n1. The van der Waals surface area contributed by atoms with E-state index in [1.807, 2.05) is 18.7 Å². The van der Waals surface area contributed by atoms with E-state index in [4.69, 9.17) is 5.84 Å². The molecule has 1 aliphatic carbocycles. The summed E-state index contributed by atoms with van der Waals surface area (Å²) in [6.45, 7) is 4.90. The molecule has 0 atom stereocenters. The lowest BCUT2D eigenvalue weighted by Gasteiger charge is -2.26. The van der Waals surface area contributed by atoms with Gasteiger partial charge in [0.2, 0.25) is 0 Å². The van der Waals surface area contributed by atoms with Crippen molar-refractivity contribution in [1.29, 1.82) is 0 Å². The third-order valence-corrected chi connectivity index (χ3v) is 3.15. The number of nitrogens with two attached hydrogens (primary N) is 1. The first kappa shape index (κ1) is 12.8. The highest BCUT2D eigenvalue weighted by molar-refractivity contribution is 5.92. The molecule has 0 spiro atoms. The minimum Gasteiger partial charge on any atom is -0.335 e. The number of nitrogens with one attached hydrogen (secondary N) is 1. The summed E-state index contributed by atoms with van der Waals surface area (Å²) >= 11 is 0. The molecule has 2 rings (SSSR count). The molecule has 5 heteroatoms. The quantitative estimate of drug-likeness (QED) is 0.613. The number of rotatable bonds is 5. The molecule has 3 N–H and O–H groups in total. The molecule has 1 saturated carbocycles. The molecule has 0 aromatic carbocycles. The van der Waals surface area contributed by atoms with E-state index in [1.54, 1.807) is 18.2 Å². The molecule has 18 heavy (non-hydrogen) atoms. The van der Waals surface area contributed by atoms with Crippen LogP contribution in [0.15, 0.2) is 18.2 Å². The minimum absolute atomic E-state index is 0.0194. The Morgan fingerprint density at radius 2 is 2.28 bits per heavy atom. The first-order chi connectivity index (χ1) is 8.61. The molecular weight excluding hydrogens is 228 g/mol. The van der Waals surface area contributed by atoms with Gasteiger partial charge in [0.05, 0.1) is 0 Å². The van der Waals surface area contributed by atoms with E-state index in [-0.39, 0.29) is 11.9 Å². The summed E-state index contributed by atoms with van der Waals surface area (Å²) < 4.78 is 0. The van der Waals surface area contributed by atoms with Gasteiger partial charge in [-0.15, -0.1) is 0 Å². The molecule has 0 unspecified atom stereocenters. The van der Waals surface area contributed by atoms with Gasteiger partial charge >= 0.3 is 0 Å². The van der Waals surface area contributed by atoms with Crippen molar-refractivity contribution in [3.8, 4) is 0 Å². The zero-order valence-corrected chi connectivity index (χ0v) is 10.9. The van der Waals surface area contributed by atoms with Crippen molar-refractivity contribution in [1.82, 2.24) is 9.88 Å². The molecule has 5 nitrogen and oxygen atoms in total. The number of carbonyl (C=O) groups is 1. The van der Waals surface area contributed by atoms with Gasteiger partial charge in [0, 0.05) is 12.6 Å². The van der Waals surface area contributed by atoms with E-state index in [9.17, 15) is 4.79 Å². The van der Waals surface area contributed by atoms with Crippen molar-refractivity contribution in [2.75, 3.05) is 12.0 Å². The molecule has 98 valence electrons. The van der Waals surface area contributed by atoms with E-state index in [1.165, 1.54) is 12.8 Å². The monoisotopic (exact) mass is 248 g/mol. The number of hydrogen-bond acceptors (Lipinski definition) is 4. The lowest BCUT2D eigenvalue weighted by Crippen LogP contribution is -2.39. The highest BCUT2D eigenvalue weighted by atomic mass is 16.2. The van der Waals surface area contributed by atoms with Gasteiger partial charge in [-0.05, 0) is 44.7 Å². The highest BCUT2D eigenvalue weighted by Gasteiger charge is 2.29. The average Bonchev–Trinajstić information content (AvgIpc) is 3.19. The van der Waals surface area contributed by atoms with Gasteiger partial charge < -0.3 is 10.3 Å². The Hall–Kier alpha value is -1.62. The number of hydrogen-bond donors (Lipinski definition) is 2. The topological polar surface area (TPSA) is 71.2 Å². The standard InChI is InChI=1S/C13H20N4O/c1-9(2)17(8-10-6-7-10)13(18)11-4-3-5-12(15-11)16-14/h3-5,9-10H,6-8,14H2,1-2H3,(H,15,16). The van der Waals surface area contributed by atoms with Gasteiger partial charge in [0.25, 0.3) is 5.91 Å². The zero-order chi connectivity index (χ0) is 13.1. The van der Waals surface area contributed by atoms with Crippen LogP contribution in [-0.2, 0) is 0 Å². The fraction of sp³-hybridized carbons (Fsp3) is 0.538. The van der Waals surface area contributed by atoms with Gasteiger partial charge in [-0.1, -0.05) is 6.07 Å². The summed E-state index contributed by atoms with van der Waals surface area (Å²) in [5.41, 5.74) is 2.91. The number of carbonyl (C=O) groups excluding carboxylic acids is 1. The Bertz CT molecular complexity index is 429. The smallest absolute Gasteiger partial charge is 0.272 e. The number of nitrogen functional groups attached to an aromatic ring is 1. The summed E-state index contributed by atoms with van der Waals surface area (Å²) in [5, 5.41) is 0. The number of nitrogens with zero attached hydrogens (tertiary/aromatic N) is 2. The number of anilines is 1. The van der Waals surface area contributed by atoms with Crippen molar-refractivity contribution >= 4 is 11.7 Å². The lowest BCUT2D eigenvalue weighted by atomic mass is 10.2. The maximum absolute atomic E-state index is 12.4. The molecule has 1 fully saturated rings. The lowest BCUT2D eigenvalue weighted by molar-refractivity contribution is 0.0690. The summed E-state index contributed by atoms with van der Waals surface area (Å²) in [7, 11) is 0. The van der Waals surface area contributed by atoms with Crippen molar-refractivity contribution in [2.24, 2.45) is 11.8 Å². The normalized spacial score (nSPS) is 14.7. The molecule has 1 amide bonds. The molecule has 0 bridgehead atoms. The summed E-state index contributed by atoms with van der Waals surface area (Å²) in [6.07, 6.45) is 2.46. The molecule has 1 aliphatic rings. The Balaban J connectivity index is 2.15. The third-order valence-electron chi connectivity index (χ3n) is 3.15. The largest absolute Gasteiger partial charge is 0.335 e. The van der Waals surface area contributed by atoms with Crippen LogP contribution in [0.5, 0.6) is 0 Å². The van der Waals surface area contributed by atoms with Crippen LogP contribution in [0.2, 0.25) is 0 Å². The van der Waals surface area contributed by atoms with Gasteiger partial charge in [0.1, 0.15) is 11.5 Å². The van der Waals surface area contributed by atoms with Crippen LogP contribution in [-0.4, -0.2) is 28.4 Å². The molecule has 1 aromatic rings. The summed E-state index contributed by atoms with van der Waals surface area (Å²) in [5.74, 6) is 6.47. The Morgan fingerprint density at radius 1 is 1.56 bits per heavy atom. The number of aromatic nitrogens is 1. The molecular formula is C13H20N4O. The number of pyridine rings is 1. The first-order valence-electron chi connectivity index (χ1n) is 6.36. The second-order valence-corrected chi connectivity index (χ2v) is 5.05.